The van der Waals surface area contributed by atoms with Gasteiger partial charge in [0.05, 0.1) is 31.0 Å². The van der Waals surface area contributed by atoms with Crippen molar-refractivity contribution in [1.29, 1.82) is 0 Å². The Bertz CT molecular complexity index is 828. The van der Waals surface area contributed by atoms with E-state index in [0.29, 0.717) is 0 Å². The second-order valence-corrected chi connectivity index (χ2v) is 5.64. The second-order valence-electron chi connectivity index (χ2n) is 4.07. The zero-order valence-corrected chi connectivity index (χ0v) is 13.8. The standard InChI is InChI=1S/C12H4Cl4N2O5/c13-6-4-7(14)12(11(16)10(6)15)23-9-2-1-5(17(19)20)3-8(9)18(21)22/h1-4H. The maximum Gasteiger partial charge on any atom is 0.318 e. The fourth-order valence-corrected chi connectivity index (χ4v) is 2.58. The molecule has 0 N–H and O–H groups in total. The molecular weight excluding hydrogens is 394 g/mol. The first-order chi connectivity index (χ1) is 10.7. The first kappa shape index (κ1) is 17.6. The Morgan fingerprint density at radius 2 is 1.52 bits per heavy atom. The number of halogens is 4. The molecule has 0 aliphatic carbocycles. The Kier molecular flexibility index (Phi) is 5.16. The number of nitrogens with zero attached hydrogens (tertiary/aromatic N) is 2. The predicted octanol–water partition coefficient (Wildman–Crippen LogP) is 5.91. The van der Waals surface area contributed by atoms with E-state index in [-0.39, 0.29) is 31.6 Å². The molecule has 0 unspecified atom stereocenters. The molecule has 120 valence electrons. The summed E-state index contributed by atoms with van der Waals surface area (Å²) >= 11 is 23.6. The Morgan fingerprint density at radius 1 is 0.870 bits per heavy atom. The molecule has 2 rings (SSSR count). The van der Waals surface area contributed by atoms with E-state index in [1.807, 2.05) is 0 Å². The van der Waals surface area contributed by atoms with Crippen molar-refractivity contribution >= 4 is 57.8 Å². The number of hydrogen-bond acceptors (Lipinski definition) is 5. The Labute approximate surface area is 148 Å². The largest absolute Gasteiger partial charge is 0.447 e. The van der Waals surface area contributed by atoms with Crippen molar-refractivity contribution in [2.24, 2.45) is 0 Å². The summed E-state index contributed by atoms with van der Waals surface area (Å²) in [7, 11) is 0. The third-order valence-electron chi connectivity index (χ3n) is 2.63. The molecule has 0 spiro atoms. The highest BCUT2D eigenvalue weighted by Crippen LogP contribution is 2.46. The molecule has 0 aliphatic heterocycles. The number of hydrogen-bond donors (Lipinski definition) is 0. The molecule has 0 fully saturated rings. The molecule has 7 nitrogen and oxygen atoms in total. The number of nitro benzene ring substituents is 2. The van der Waals surface area contributed by atoms with E-state index in [4.69, 9.17) is 51.1 Å². The maximum atomic E-state index is 11.1. The van der Waals surface area contributed by atoms with Crippen LogP contribution in [0.4, 0.5) is 11.4 Å². The first-order valence-electron chi connectivity index (χ1n) is 5.66. The van der Waals surface area contributed by atoms with Gasteiger partial charge in [-0.05, 0) is 12.1 Å². The maximum absolute atomic E-state index is 11.1. The fourth-order valence-electron chi connectivity index (χ4n) is 1.60. The summed E-state index contributed by atoms with van der Waals surface area (Å²) in [5.74, 6) is -0.442. The van der Waals surface area contributed by atoms with Crippen molar-refractivity contribution in [1.82, 2.24) is 0 Å². The molecule has 0 heterocycles. The molecular formula is C12H4Cl4N2O5. The van der Waals surface area contributed by atoms with Crippen LogP contribution in [0.3, 0.4) is 0 Å². The lowest BCUT2D eigenvalue weighted by Crippen LogP contribution is -1.97. The van der Waals surface area contributed by atoms with Gasteiger partial charge in [-0.25, -0.2) is 0 Å². The lowest BCUT2D eigenvalue weighted by atomic mass is 10.2. The predicted molar refractivity (Wildman–Crippen MR) is 86.3 cm³/mol. The summed E-state index contributed by atoms with van der Waals surface area (Å²) in [5, 5.41) is 21.6. The molecule has 23 heavy (non-hydrogen) atoms. The van der Waals surface area contributed by atoms with Crippen molar-refractivity contribution in [3.05, 3.63) is 64.6 Å². The van der Waals surface area contributed by atoms with Crippen molar-refractivity contribution in [2.75, 3.05) is 0 Å². The Balaban J connectivity index is 2.55. The summed E-state index contributed by atoms with van der Waals surface area (Å²) in [4.78, 5) is 20.2. The molecule has 0 radical (unpaired) electrons. The van der Waals surface area contributed by atoms with Crippen LogP contribution in [0.15, 0.2) is 24.3 Å². The SMILES string of the molecule is O=[N+]([O-])c1ccc(Oc2c(Cl)cc(Cl)c(Cl)c2Cl)c([N+](=O)[O-])c1. The van der Waals surface area contributed by atoms with Crippen LogP contribution in [-0.2, 0) is 0 Å². The summed E-state index contributed by atoms with van der Waals surface area (Å²) < 4.78 is 5.33. The van der Waals surface area contributed by atoms with E-state index >= 15 is 0 Å². The fraction of sp³-hybridized carbons (Fsp3) is 0. The van der Waals surface area contributed by atoms with E-state index in [2.05, 4.69) is 0 Å². The number of benzene rings is 2. The minimum absolute atomic E-state index is 0.0305. The molecule has 0 aliphatic rings. The van der Waals surface area contributed by atoms with Crippen LogP contribution in [0.5, 0.6) is 11.5 Å². The van der Waals surface area contributed by atoms with Gasteiger partial charge in [0.25, 0.3) is 5.69 Å². The highest BCUT2D eigenvalue weighted by molar-refractivity contribution is 6.50. The van der Waals surface area contributed by atoms with Crippen LogP contribution >= 0.6 is 46.4 Å². The van der Waals surface area contributed by atoms with Crippen LogP contribution in [0, 0.1) is 20.2 Å². The molecule has 0 aromatic heterocycles. The van der Waals surface area contributed by atoms with Crippen molar-refractivity contribution in [2.45, 2.75) is 0 Å². The minimum atomic E-state index is -0.832. The van der Waals surface area contributed by atoms with E-state index in [9.17, 15) is 20.2 Å². The average molecular weight is 398 g/mol. The van der Waals surface area contributed by atoms with Gasteiger partial charge in [-0.2, -0.15) is 0 Å². The van der Waals surface area contributed by atoms with Gasteiger partial charge >= 0.3 is 5.69 Å². The number of non-ortho nitro benzene ring substituents is 1. The Hall–Kier alpha value is -1.80. The summed E-state index contributed by atoms with van der Waals surface area (Å²) in [6, 6.07) is 4.12. The van der Waals surface area contributed by atoms with Crippen LogP contribution in [0.1, 0.15) is 0 Å². The van der Waals surface area contributed by atoms with Crippen LogP contribution in [0.25, 0.3) is 0 Å². The molecule has 0 atom stereocenters. The Morgan fingerprint density at radius 3 is 2.09 bits per heavy atom. The van der Waals surface area contributed by atoms with E-state index in [0.717, 1.165) is 18.2 Å². The van der Waals surface area contributed by atoms with Crippen LogP contribution in [-0.4, -0.2) is 9.85 Å². The zero-order chi connectivity index (χ0) is 17.3. The van der Waals surface area contributed by atoms with Crippen LogP contribution in [0.2, 0.25) is 20.1 Å². The molecule has 0 bridgehead atoms. The number of rotatable bonds is 4. The number of nitro groups is 2. The lowest BCUT2D eigenvalue weighted by Gasteiger charge is -2.11. The lowest BCUT2D eigenvalue weighted by molar-refractivity contribution is -0.394. The van der Waals surface area contributed by atoms with Gasteiger partial charge in [-0.3, -0.25) is 20.2 Å². The van der Waals surface area contributed by atoms with Gasteiger partial charge < -0.3 is 4.74 Å². The third kappa shape index (κ3) is 3.59. The van der Waals surface area contributed by atoms with Crippen molar-refractivity contribution in [3.63, 3.8) is 0 Å². The highest BCUT2D eigenvalue weighted by atomic mass is 35.5. The normalized spacial score (nSPS) is 10.4. The van der Waals surface area contributed by atoms with Gasteiger partial charge in [0.2, 0.25) is 5.75 Å². The van der Waals surface area contributed by atoms with Crippen LogP contribution < -0.4 is 4.74 Å². The zero-order valence-electron chi connectivity index (χ0n) is 10.8. The van der Waals surface area contributed by atoms with Gasteiger partial charge in [0.15, 0.2) is 5.75 Å². The molecule has 0 amide bonds. The first-order valence-corrected chi connectivity index (χ1v) is 7.17. The summed E-state index contributed by atoms with van der Waals surface area (Å²) in [5.41, 5.74) is -1.09. The van der Waals surface area contributed by atoms with Gasteiger partial charge in [-0.1, -0.05) is 46.4 Å². The van der Waals surface area contributed by atoms with Gasteiger partial charge in [0.1, 0.15) is 5.02 Å². The molecule has 2 aromatic carbocycles. The van der Waals surface area contributed by atoms with Crippen molar-refractivity contribution in [3.8, 4) is 11.5 Å². The minimum Gasteiger partial charge on any atom is -0.447 e. The van der Waals surface area contributed by atoms with Gasteiger partial charge in [-0.15, -0.1) is 0 Å². The van der Waals surface area contributed by atoms with E-state index < -0.39 is 21.2 Å². The van der Waals surface area contributed by atoms with Gasteiger partial charge in [0, 0.05) is 6.07 Å². The quantitative estimate of drug-likeness (QED) is 0.276. The molecule has 2 aromatic rings. The monoisotopic (exact) mass is 396 g/mol. The summed E-state index contributed by atoms with van der Waals surface area (Å²) in [6.07, 6.45) is 0. The van der Waals surface area contributed by atoms with E-state index in [1.54, 1.807) is 0 Å². The molecule has 0 saturated carbocycles. The summed E-state index contributed by atoms with van der Waals surface area (Å²) in [6.45, 7) is 0. The topological polar surface area (TPSA) is 95.5 Å². The highest BCUT2D eigenvalue weighted by Gasteiger charge is 2.24. The molecule has 11 heteroatoms. The smallest absolute Gasteiger partial charge is 0.318 e. The average Bonchev–Trinajstić information content (AvgIpc) is 2.49. The third-order valence-corrected chi connectivity index (χ3v) is 4.16. The molecule has 0 saturated heterocycles. The van der Waals surface area contributed by atoms with Crippen molar-refractivity contribution < 1.29 is 14.6 Å². The van der Waals surface area contributed by atoms with E-state index in [1.165, 1.54) is 6.07 Å². The number of ether oxygens (including phenoxy) is 1. The second kappa shape index (κ2) is 6.76.